The summed E-state index contributed by atoms with van der Waals surface area (Å²) in [4.78, 5) is 0. The minimum atomic E-state index is 1.08. The maximum absolute atomic E-state index is 4.09. The molecule has 0 unspecified atom stereocenters. The van der Waals surface area contributed by atoms with Crippen LogP contribution in [0.15, 0.2) is 66.8 Å². The molecule has 1 aliphatic rings. The Bertz CT molecular complexity index is 473. The van der Waals surface area contributed by atoms with Crippen LogP contribution in [-0.4, -0.2) is 0 Å². The predicted octanol–water partition coefficient (Wildman–Crippen LogP) is 4.31. The zero-order valence-corrected chi connectivity index (χ0v) is 9.45. The third kappa shape index (κ3) is 2.22. The topological polar surface area (TPSA) is 0 Å². The SMILES string of the molecule is C=C/C=C\C(=C)C1=Cc2ccccc2CC1. The molecule has 0 aromatic heterocycles. The fraction of sp³-hybridized carbons (Fsp3) is 0.125. The lowest BCUT2D eigenvalue weighted by atomic mass is 9.89. The molecule has 0 amide bonds. The van der Waals surface area contributed by atoms with Crippen LogP contribution in [0.3, 0.4) is 0 Å². The van der Waals surface area contributed by atoms with Crippen molar-refractivity contribution < 1.29 is 0 Å². The predicted molar refractivity (Wildman–Crippen MR) is 71.2 cm³/mol. The van der Waals surface area contributed by atoms with Crippen LogP contribution in [0.5, 0.6) is 0 Å². The minimum Gasteiger partial charge on any atom is -0.0991 e. The van der Waals surface area contributed by atoms with Gasteiger partial charge in [-0.25, -0.2) is 0 Å². The van der Waals surface area contributed by atoms with Crippen LogP contribution in [-0.2, 0) is 6.42 Å². The van der Waals surface area contributed by atoms with Gasteiger partial charge in [0.15, 0.2) is 0 Å². The first-order valence-corrected chi connectivity index (χ1v) is 5.58. The van der Waals surface area contributed by atoms with E-state index in [1.54, 1.807) is 6.08 Å². The van der Waals surface area contributed by atoms with E-state index < -0.39 is 0 Å². The third-order valence-corrected chi connectivity index (χ3v) is 2.89. The number of fused-ring (bicyclic) bond motifs is 1. The van der Waals surface area contributed by atoms with Crippen LogP contribution < -0.4 is 0 Å². The lowest BCUT2D eigenvalue weighted by Crippen LogP contribution is -1.99. The van der Waals surface area contributed by atoms with Gasteiger partial charge in [-0.2, -0.15) is 0 Å². The first kappa shape index (κ1) is 10.7. The summed E-state index contributed by atoms with van der Waals surface area (Å²) in [6.07, 6.45) is 10.2. The average molecular weight is 208 g/mol. The Hall–Kier alpha value is -1.82. The van der Waals surface area contributed by atoms with E-state index in [1.165, 1.54) is 16.7 Å². The van der Waals surface area contributed by atoms with Crippen molar-refractivity contribution in [2.75, 3.05) is 0 Å². The normalized spacial score (nSPS) is 14.4. The van der Waals surface area contributed by atoms with Crippen molar-refractivity contribution >= 4 is 6.08 Å². The second-order valence-electron chi connectivity index (χ2n) is 3.99. The van der Waals surface area contributed by atoms with Crippen LogP contribution in [0.4, 0.5) is 0 Å². The molecule has 80 valence electrons. The number of allylic oxidation sites excluding steroid dienone is 5. The minimum absolute atomic E-state index is 1.08. The first-order valence-electron chi connectivity index (χ1n) is 5.58. The maximum atomic E-state index is 4.09. The van der Waals surface area contributed by atoms with Gasteiger partial charge < -0.3 is 0 Å². The van der Waals surface area contributed by atoms with Crippen LogP contribution in [0.25, 0.3) is 6.08 Å². The molecule has 0 aliphatic heterocycles. The van der Waals surface area contributed by atoms with E-state index in [-0.39, 0.29) is 0 Å². The van der Waals surface area contributed by atoms with E-state index in [0.717, 1.165) is 18.4 Å². The fourth-order valence-corrected chi connectivity index (χ4v) is 1.98. The molecule has 1 aromatic rings. The summed E-state index contributed by atoms with van der Waals surface area (Å²) in [5.74, 6) is 0. The van der Waals surface area contributed by atoms with Gasteiger partial charge in [-0.15, -0.1) is 0 Å². The number of rotatable bonds is 3. The van der Waals surface area contributed by atoms with E-state index in [1.807, 2.05) is 12.2 Å². The fourth-order valence-electron chi connectivity index (χ4n) is 1.98. The van der Waals surface area contributed by atoms with Crippen LogP contribution >= 0.6 is 0 Å². The van der Waals surface area contributed by atoms with Gasteiger partial charge in [0.2, 0.25) is 0 Å². The van der Waals surface area contributed by atoms with Crippen LogP contribution in [0.2, 0.25) is 0 Å². The standard InChI is InChI=1S/C16H16/c1-3-4-7-13(2)15-11-10-14-8-5-6-9-16(14)12-15/h3-9,12H,1-2,10-11H2/b7-4-. The van der Waals surface area contributed by atoms with E-state index in [9.17, 15) is 0 Å². The average Bonchev–Trinajstić information content (AvgIpc) is 2.35. The van der Waals surface area contributed by atoms with Crippen molar-refractivity contribution in [1.82, 2.24) is 0 Å². The van der Waals surface area contributed by atoms with Gasteiger partial charge in [0, 0.05) is 0 Å². The summed E-state index contributed by atoms with van der Waals surface area (Å²) in [5, 5.41) is 0. The highest BCUT2D eigenvalue weighted by Gasteiger charge is 2.10. The summed E-state index contributed by atoms with van der Waals surface area (Å²) in [5.41, 5.74) is 5.19. The molecule has 0 saturated heterocycles. The van der Waals surface area contributed by atoms with Gasteiger partial charge in [0.25, 0.3) is 0 Å². The monoisotopic (exact) mass is 208 g/mol. The number of hydrogen-bond donors (Lipinski definition) is 0. The molecule has 16 heavy (non-hydrogen) atoms. The molecular weight excluding hydrogens is 192 g/mol. The summed E-state index contributed by atoms with van der Waals surface area (Å²) in [6.45, 7) is 7.75. The van der Waals surface area contributed by atoms with Crippen LogP contribution in [0.1, 0.15) is 17.5 Å². The molecule has 0 saturated carbocycles. The molecule has 0 bridgehead atoms. The van der Waals surface area contributed by atoms with Crippen molar-refractivity contribution in [2.45, 2.75) is 12.8 Å². The first-order chi connectivity index (χ1) is 7.81. The second kappa shape index (κ2) is 4.80. The van der Waals surface area contributed by atoms with Crippen LogP contribution in [0, 0.1) is 0 Å². The molecule has 0 fully saturated rings. The summed E-state index contributed by atoms with van der Waals surface area (Å²) in [7, 11) is 0. The smallest absolute Gasteiger partial charge is 0.0221 e. The number of benzene rings is 1. The Labute approximate surface area is 97.3 Å². The van der Waals surface area contributed by atoms with E-state index in [4.69, 9.17) is 0 Å². The van der Waals surface area contributed by atoms with Gasteiger partial charge in [-0.1, -0.05) is 61.7 Å². The Morgan fingerprint density at radius 3 is 2.81 bits per heavy atom. The summed E-state index contributed by atoms with van der Waals surface area (Å²) < 4.78 is 0. The Kier molecular flexibility index (Phi) is 3.21. The van der Waals surface area contributed by atoms with Gasteiger partial charge in [-0.05, 0) is 35.1 Å². The highest BCUT2D eigenvalue weighted by Crippen LogP contribution is 2.27. The van der Waals surface area contributed by atoms with Crippen molar-refractivity contribution in [1.29, 1.82) is 0 Å². The molecule has 0 radical (unpaired) electrons. The zero-order valence-electron chi connectivity index (χ0n) is 9.45. The Morgan fingerprint density at radius 1 is 1.19 bits per heavy atom. The Balaban J connectivity index is 2.27. The van der Waals surface area contributed by atoms with E-state index in [2.05, 4.69) is 43.5 Å². The van der Waals surface area contributed by atoms with Gasteiger partial charge >= 0.3 is 0 Å². The van der Waals surface area contributed by atoms with Gasteiger partial charge in [0.1, 0.15) is 0 Å². The van der Waals surface area contributed by atoms with Gasteiger partial charge in [-0.3, -0.25) is 0 Å². The molecule has 0 heteroatoms. The lowest BCUT2D eigenvalue weighted by molar-refractivity contribution is 0.942. The van der Waals surface area contributed by atoms with Crippen molar-refractivity contribution in [3.63, 3.8) is 0 Å². The molecule has 0 atom stereocenters. The molecule has 0 N–H and O–H groups in total. The highest BCUT2D eigenvalue weighted by atomic mass is 14.1. The molecule has 0 spiro atoms. The van der Waals surface area contributed by atoms with Gasteiger partial charge in [0.05, 0.1) is 0 Å². The molecule has 2 rings (SSSR count). The highest BCUT2D eigenvalue weighted by molar-refractivity contribution is 5.65. The molecule has 1 aliphatic carbocycles. The summed E-state index contributed by atoms with van der Waals surface area (Å²) in [6, 6.07) is 8.55. The quantitative estimate of drug-likeness (QED) is 0.649. The second-order valence-corrected chi connectivity index (χ2v) is 3.99. The lowest BCUT2D eigenvalue weighted by Gasteiger charge is -2.16. The van der Waals surface area contributed by atoms with E-state index in [0.29, 0.717) is 0 Å². The van der Waals surface area contributed by atoms with Crippen molar-refractivity contribution in [3.8, 4) is 0 Å². The molecule has 0 heterocycles. The van der Waals surface area contributed by atoms with E-state index >= 15 is 0 Å². The molecule has 1 aromatic carbocycles. The summed E-state index contributed by atoms with van der Waals surface area (Å²) >= 11 is 0. The van der Waals surface area contributed by atoms with Crippen molar-refractivity contribution in [3.05, 3.63) is 77.9 Å². The van der Waals surface area contributed by atoms with Crippen molar-refractivity contribution in [2.24, 2.45) is 0 Å². The molecular formula is C16H16. The zero-order chi connectivity index (χ0) is 11.4. The largest absolute Gasteiger partial charge is 0.0991 e. The Morgan fingerprint density at radius 2 is 2.00 bits per heavy atom. The third-order valence-electron chi connectivity index (χ3n) is 2.89. The molecule has 0 nitrogen and oxygen atoms in total. The maximum Gasteiger partial charge on any atom is -0.0221 e. The number of aryl methyl sites for hydroxylation is 1. The number of hydrogen-bond acceptors (Lipinski definition) is 0.